The lowest BCUT2D eigenvalue weighted by molar-refractivity contribution is 0.506. The molecule has 1 aliphatic heterocycles. The van der Waals surface area contributed by atoms with Crippen molar-refractivity contribution < 1.29 is 0 Å². The van der Waals surface area contributed by atoms with Crippen LogP contribution in [0.4, 0.5) is 11.4 Å². The monoisotopic (exact) mass is 192 g/mol. The normalized spacial score (nSPS) is 22.4. The molecule has 4 N–H and O–H groups in total. The molecule has 4 heteroatoms. The number of pyridine rings is 1. The largest absolute Gasteiger partial charge is 0.396 e. The molecule has 2 heterocycles. The van der Waals surface area contributed by atoms with E-state index < -0.39 is 0 Å². The minimum absolute atomic E-state index is 0.274. The van der Waals surface area contributed by atoms with Crippen LogP contribution in [0, 0.1) is 0 Å². The third-order valence-electron chi connectivity index (χ3n) is 2.63. The fraction of sp³-hybridized carbons (Fsp3) is 0.500. The second-order valence-corrected chi connectivity index (χ2v) is 3.78. The van der Waals surface area contributed by atoms with Crippen molar-refractivity contribution in [2.45, 2.75) is 18.9 Å². The summed E-state index contributed by atoms with van der Waals surface area (Å²) in [6.07, 6.45) is 5.71. The highest BCUT2D eigenvalue weighted by Gasteiger charge is 2.18. The van der Waals surface area contributed by atoms with Crippen LogP contribution in [0.3, 0.4) is 0 Å². The van der Waals surface area contributed by atoms with Gasteiger partial charge in [-0.15, -0.1) is 0 Å². The first kappa shape index (κ1) is 9.27. The smallest absolute Gasteiger partial charge is 0.0738 e. The molecule has 1 aliphatic rings. The van der Waals surface area contributed by atoms with E-state index in [1.54, 1.807) is 12.4 Å². The molecule has 0 radical (unpaired) electrons. The van der Waals surface area contributed by atoms with Gasteiger partial charge in [0.05, 0.1) is 17.6 Å². The van der Waals surface area contributed by atoms with Gasteiger partial charge in [-0.3, -0.25) is 4.98 Å². The number of nitrogens with two attached hydrogens (primary N) is 2. The number of nitrogens with zero attached hydrogens (tertiary/aromatic N) is 2. The lowest BCUT2D eigenvalue weighted by Gasteiger charge is -2.33. The number of hydrogen-bond acceptors (Lipinski definition) is 4. The molecule has 0 unspecified atom stereocenters. The zero-order valence-electron chi connectivity index (χ0n) is 8.19. The third-order valence-corrected chi connectivity index (χ3v) is 2.63. The summed E-state index contributed by atoms with van der Waals surface area (Å²) < 4.78 is 0. The fourth-order valence-corrected chi connectivity index (χ4v) is 1.92. The molecule has 0 bridgehead atoms. The average Bonchev–Trinajstić information content (AvgIpc) is 2.18. The van der Waals surface area contributed by atoms with Gasteiger partial charge in [0.15, 0.2) is 0 Å². The number of hydrogen-bond donors (Lipinski definition) is 2. The van der Waals surface area contributed by atoms with Gasteiger partial charge in [-0.1, -0.05) is 0 Å². The predicted octanol–water partition coefficient (Wildman–Crippen LogP) is 0.591. The fourth-order valence-electron chi connectivity index (χ4n) is 1.92. The highest BCUT2D eigenvalue weighted by Crippen LogP contribution is 2.24. The molecule has 0 aromatic carbocycles. The lowest BCUT2D eigenvalue weighted by Crippen LogP contribution is -2.43. The number of aromatic nitrogens is 1. The Morgan fingerprint density at radius 3 is 3.07 bits per heavy atom. The van der Waals surface area contributed by atoms with Gasteiger partial charge < -0.3 is 16.4 Å². The first-order chi connectivity index (χ1) is 6.77. The van der Waals surface area contributed by atoms with Gasteiger partial charge >= 0.3 is 0 Å². The Hall–Kier alpha value is -1.29. The second kappa shape index (κ2) is 3.84. The standard InChI is InChI=1S/C10H16N4/c11-8-2-1-5-14(7-8)10-3-4-13-6-9(10)12/h3-4,6,8H,1-2,5,7,11-12H2/t8-/m0/s1. The van der Waals surface area contributed by atoms with Crippen LogP contribution in [-0.4, -0.2) is 24.1 Å². The van der Waals surface area contributed by atoms with Crippen molar-refractivity contribution in [2.24, 2.45) is 5.73 Å². The summed E-state index contributed by atoms with van der Waals surface area (Å²) in [6.45, 7) is 1.94. The Morgan fingerprint density at radius 2 is 2.36 bits per heavy atom. The number of nitrogen functional groups attached to an aromatic ring is 1. The van der Waals surface area contributed by atoms with E-state index in [1.807, 2.05) is 6.07 Å². The van der Waals surface area contributed by atoms with Crippen molar-refractivity contribution in [1.82, 2.24) is 4.98 Å². The molecule has 1 saturated heterocycles. The van der Waals surface area contributed by atoms with Crippen molar-refractivity contribution in [3.63, 3.8) is 0 Å². The number of rotatable bonds is 1. The average molecular weight is 192 g/mol. The van der Waals surface area contributed by atoms with Gasteiger partial charge in [-0.2, -0.15) is 0 Å². The zero-order chi connectivity index (χ0) is 9.97. The minimum atomic E-state index is 0.274. The van der Waals surface area contributed by atoms with Gasteiger partial charge in [0, 0.05) is 25.3 Å². The Bertz CT molecular complexity index is 313. The summed E-state index contributed by atoms with van der Waals surface area (Å²) in [5, 5.41) is 0. The molecule has 4 nitrogen and oxygen atoms in total. The van der Waals surface area contributed by atoms with E-state index in [-0.39, 0.29) is 6.04 Å². The molecular formula is C10H16N4. The Balaban J connectivity index is 2.18. The van der Waals surface area contributed by atoms with Gasteiger partial charge in [0.2, 0.25) is 0 Å². The van der Waals surface area contributed by atoms with E-state index in [2.05, 4.69) is 9.88 Å². The highest BCUT2D eigenvalue weighted by atomic mass is 15.2. The highest BCUT2D eigenvalue weighted by molar-refractivity contribution is 5.66. The van der Waals surface area contributed by atoms with Crippen LogP contribution in [0.5, 0.6) is 0 Å². The Morgan fingerprint density at radius 1 is 1.50 bits per heavy atom. The Kier molecular flexibility index (Phi) is 2.54. The summed E-state index contributed by atoms with van der Waals surface area (Å²) in [5.41, 5.74) is 13.6. The summed E-state index contributed by atoms with van der Waals surface area (Å²) in [6, 6.07) is 2.23. The zero-order valence-corrected chi connectivity index (χ0v) is 8.19. The molecule has 0 aliphatic carbocycles. The maximum Gasteiger partial charge on any atom is 0.0738 e. The molecule has 0 amide bonds. The van der Waals surface area contributed by atoms with Crippen LogP contribution >= 0.6 is 0 Å². The topological polar surface area (TPSA) is 68.2 Å². The van der Waals surface area contributed by atoms with Gasteiger partial charge in [0.25, 0.3) is 0 Å². The van der Waals surface area contributed by atoms with Crippen LogP contribution in [0.1, 0.15) is 12.8 Å². The minimum Gasteiger partial charge on any atom is -0.396 e. The van der Waals surface area contributed by atoms with E-state index in [1.165, 1.54) is 0 Å². The number of anilines is 2. The van der Waals surface area contributed by atoms with E-state index in [9.17, 15) is 0 Å². The summed E-state index contributed by atoms with van der Waals surface area (Å²) in [5.74, 6) is 0. The molecule has 0 saturated carbocycles. The SMILES string of the molecule is Nc1cnccc1N1CCC[C@H](N)C1. The molecule has 1 fully saturated rings. The van der Waals surface area contributed by atoms with Crippen LogP contribution in [-0.2, 0) is 0 Å². The van der Waals surface area contributed by atoms with Gasteiger partial charge in [-0.05, 0) is 18.9 Å². The second-order valence-electron chi connectivity index (χ2n) is 3.78. The molecular weight excluding hydrogens is 176 g/mol. The molecule has 14 heavy (non-hydrogen) atoms. The molecule has 1 aromatic rings. The summed E-state index contributed by atoms with van der Waals surface area (Å²) in [4.78, 5) is 6.22. The van der Waals surface area contributed by atoms with E-state index in [0.717, 1.165) is 37.3 Å². The van der Waals surface area contributed by atoms with Crippen molar-refractivity contribution in [1.29, 1.82) is 0 Å². The van der Waals surface area contributed by atoms with E-state index in [0.29, 0.717) is 0 Å². The van der Waals surface area contributed by atoms with E-state index in [4.69, 9.17) is 11.5 Å². The maximum atomic E-state index is 5.91. The summed E-state index contributed by atoms with van der Waals surface area (Å²) >= 11 is 0. The van der Waals surface area contributed by atoms with Crippen LogP contribution in [0.25, 0.3) is 0 Å². The van der Waals surface area contributed by atoms with Crippen LogP contribution < -0.4 is 16.4 Å². The third kappa shape index (κ3) is 1.80. The lowest BCUT2D eigenvalue weighted by atomic mass is 10.1. The van der Waals surface area contributed by atoms with Gasteiger partial charge in [-0.25, -0.2) is 0 Å². The molecule has 0 spiro atoms. The van der Waals surface area contributed by atoms with Crippen LogP contribution in [0.15, 0.2) is 18.5 Å². The van der Waals surface area contributed by atoms with Crippen molar-refractivity contribution in [3.8, 4) is 0 Å². The molecule has 1 aromatic heterocycles. The van der Waals surface area contributed by atoms with E-state index >= 15 is 0 Å². The van der Waals surface area contributed by atoms with Crippen molar-refractivity contribution >= 4 is 11.4 Å². The summed E-state index contributed by atoms with van der Waals surface area (Å²) in [7, 11) is 0. The van der Waals surface area contributed by atoms with Crippen molar-refractivity contribution in [3.05, 3.63) is 18.5 Å². The molecule has 1 atom stereocenters. The predicted molar refractivity (Wildman–Crippen MR) is 58.1 cm³/mol. The van der Waals surface area contributed by atoms with Crippen LogP contribution in [0.2, 0.25) is 0 Å². The van der Waals surface area contributed by atoms with Gasteiger partial charge in [0.1, 0.15) is 0 Å². The molecule has 76 valence electrons. The first-order valence-electron chi connectivity index (χ1n) is 4.97. The first-order valence-corrected chi connectivity index (χ1v) is 4.97. The van der Waals surface area contributed by atoms with Crippen molar-refractivity contribution in [2.75, 3.05) is 23.7 Å². The Labute approximate surface area is 83.9 Å². The quantitative estimate of drug-likeness (QED) is 0.683. The molecule has 2 rings (SSSR count). The number of piperidine rings is 1. The maximum absolute atomic E-state index is 5.91.